The van der Waals surface area contributed by atoms with E-state index in [1.54, 1.807) is 6.07 Å². The van der Waals surface area contributed by atoms with Gasteiger partial charge in [-0.3, -0.25) is 9.59 Å². The molecule has 2 amide bonds. The lowest BCUT2D eigenvalue weighted by Gasteiger charge is -2.05. The van der Waals surface area contributed by atoms with Gasteiger partial charge in [-0.2, -0.15) is 0 Å². The maximum absolute atomic E-state index is 12.9. The highest BCUT2D eigenvalue weighted by molar-refractivity contribution is 8.01. The topological polar surface area (TPSA) is 71.1 Å². The van der Waals surface area contributed by atoms with Crippen molar-refractivity contribution in [2.24, 2.45) is 0 Å². The first kappa shape index (κ1) is 21.0. The van der Waals surface area contributed by atoms with Gasteiger partial charge in [0.05, 0.1) is 16.0 Å². The van der Waals surface area contributed by atoms with E-state index in [-0.39, 0.29) is 23.4 Å². The SMILES string of the molecule is Cc1cccc(C(=O)Nc2ccc3nc(SCC(=O)Nc4ccc(F)cc4)sc3c2)c1. The zero-order valence-electron chi connectivity index (χ0n) is 16.5. The Bertz CT molecular complexity index is 1260. The fraction of sp³-hybridized carbons (Fsp3) is 0.0870. The summed E-state index contributed by atoms with van der Waals surface area (Å²) < 4.78 is 14.6. The van der Waals surface area contributed by atoms with Gasteiger partial charge in [0.2, 0.25) is 5.91 Å². The molecular formula is C23H18FN3O2S2. The molecule has 0 bridgehead atoms. The number of rotatable bonds is 6. The van der Waals surface area contributed by atoms with E-state index in [9.17, 15) is 14.0 Å². The number of thiazole rings is 1. The van der Waals surface area contributed by atoms with Gasteiger partial charge >= 0.3 is 0 Å². The van der Waals surface area contributed by atoms with Crippen LogP contribution in [-0.4, -0.2) is 22.6 Å². The number of nitrogens with zero attached hydrogens (tertiary/aromatic N) is 1. The van der Waals surface area contributed by atoms with Crippen LogP contribution in [0.2, 0.25) is 0 Å². The van der Waals surface area contributed by atoms with Crippen LogP contribution in [0.15, 0.2) is 71.1 Å². The van der Waals surface area contributed by atoms with Gasteiger partial charge in [0.1, 0.15) is 5.82 Å². The molecule has 4 rings (SSSR count). The number of halogens is 1. The smallest absolute Gasteiger partial charge is 0.255 e. The fourth-order valence-electron chi connectivity index (χ4n) is 2.89. The van der Waals surface area contributed by atoms with E-state index in [1.807, 2.05) is 43.3 Å². The fourth-order valence-corrected chi connectivity index (χ4v) is 4.80. The molecule has 1 heterocycles. The van der Waals surface area contributed by atoms with E-state index in [4.69, 9.17) is 0 Å². The monoisotopic (exact) mass is 451 g/mol. The molecule has 156 valence electrons. The molecule has 4 aromatic rings. The van der Waals surface area contributed by atoms with Crippen molar-refractivity contribution >= 4 is 56.5 Å². The molecule has 1 aromatic heterocycles. The van der Waals surface area contributed by atoms with Crippen molar-refractivity contribution in [3.05, 3.63) is 83.7 Å². The minimum atomic E-state index is -0.351. The molecule has 0 fully saturated rings. The molecule has 2 N–H and O–H groups in total. The second-order valence-corrected chi connectivity index (χ2v) is 9.08. The summed E-state index contributed by atoms with van der Waals surface area (Å²) >= 11 is 2.79. The Morgan fingerprint density at radius 1 is 1.00 bits per heavy atom. The summed E-state index contributed by atoms with van der Waals surface area (Å²) in [6.07, 6.45) is 0. The Labute approximate surface area is 186 Å². The van der Waals surface area contributed by atoms with Crippen LogP contribution in [-0.2, 0) is 4.79 Å². The molecule has 3 aromatic carbocycles. The molecule has 0 aliphatic carbocycles. The quantitative estimate of drug-likeness (QED) is 0.368. The third-order valence-corrected chi connectivity index (χ3v) is 6.52. The number of carbonyl (C=O) groups is 2. The molecular weight excluding hydrogens is 433 g/mol. The first-order valence-corrected chi connectivity index (χ1v) is 11.2. The van der Waals surface area contributed by atoms with Gasteiger partial charge in [-0.15, -0.1) is 11.3 Å². The Balaban J connectivity index is 1.38. The number of hydrogen-bond acceptors (Lipinski definition) is 5. The molecule has 8 heteroatoms. The van der Waals surface area contributed by atoms with Crippen LogP contribution >= 0.6 is 23.1 Å². The minimum absolute atomic E-state index is 0.167. The summed E-state index contributed by atoms with van der Waals surface area (Å²) in [6, 6.07) is 18.6. The van der Waals surface area contributed by atoms with Crippen LogP contribution in [0.25, 0.3) is 10.2 Å². The highest BCUT2D eigenvalue weighted by Crippen LogP contribution is 2.31. The molecule has 0 aliphatic rings. The molecule has 0 saturated carbocycles. The number of fused-ring (bicyclic) bond motifs is 1. The zero-order valence-corrected chi connectivity index (χ0v) is 18.1. The van der Waals surface area contributed by atoms with E-state index in [2.05, 4.69) is 15.6 Å². The van der Waals surface area contributed by atoms with Crippen LogP contribution in [0.4, 0.5) is 15.8 Å². The van der Waals surface area contributed by atoms with Crippen molar-refractivity contribution in [3.63, 3.8) is 0 Å². The Morgan fingerprint density at radius 2 is 1.77 bits per heavy atom. The second kappa shape index (κ2) is 9.28. The van der Waals surface area contributed by atoms with Crippen LogP contribution in [0.1, 0.15) is 15.9 Å². The van der Waals surface area contributed by atoms with Crippen molar-refractivity contribution in [2.45, 2.75) is 11.3 Å². The lowest BCUT2D eigenvalue weighted by molar-refractivity contribution is -0.113. The number of carbonyl (C=O) groups excluding carboxylic acids is 2. The van der Waals surface area contributed by atoms with E-state index >= 15 is 0 Å². The van der Waals surface area contributed by atoms with E-state index in [0.29, 0.717) is 16.9 Å². The number of amides is 2. The van der Waals surface area contributed by atoms with Crippen molar-refractivity contribution < 1.29 is 14.0 Å². The Morgan fingerprint density at radius 3 is 2.55 bits per heavy atom. The summed E-state index contributed by atoms with van der Waals surface area (Å²) in [5.74, 6) is -0.522. The number of anilines is 2. The van der Waals surface area contributed by atoms with Gasteiger partial charge < -0.3 is 10.6 Å². The predicted octanol–water partition coefficient (Wildman–Crippen LogP) is 5.73. The molecule has 0 unspecified atom stereocenters. The van der Waals surface area contributed by atoms with Gasteiger partial charge in [0.15, 0.2) is 4.34 Å². The van der Waals surface area contributed by atoms with Crippen molar-refractivity contribution in [3.8, 4) is 0 Å². The lowest BCUT2D eigenvalue weighted by atomic mass is 10.1. The average molecular weight is 452 g/mol. The molecule has 31 heavy (non-hydrogen) atoms. The minimum Gasteiger partial charge on any atom is -0.325 e. The summed E-state index contributed by atoms with van der Waals surface area (Å²) in [6.45, 7) is 1.94. The highest BCUT2D eigenvalue weighted by atomic mass is 32.2. The van der Waals surface area contributed by atoms with E-state index in [0.717, 1.165) is 20.1 Å². The zero-order chi connectivity index (χ0) is 21.8. The number of nitrogens with one attached hydrogen (secondary N) is 2. The van der Waals surface area contributed by atoms with Gasteiger partial charge in [-0.05, 0) is 61.5 Å². The third kappa shape index (κ3) is 5.48. The number of benzene rings is 3. The van der Waals surface area contributed by atoms with Gasteiger partial charge in [-0.1, -0.05) is 29.5 Å². The van der Waals surface area contributed by atoms with Crippen molar-refractivity contribution in [1.29, 1.82) is 0 Å². The molecule has 5 nitrogen and oxygen atoms in total. The molecule has 0 radical (unpaired) electrons. The highest BCUT2D eigenvalue weighted by Gasteiger charge is 2.11. The largest absolute Gasteiger partial charge is 0.325 e. The lowest BCUT2D eigenvalue weighted by Crippen LogP contribution is -2.13. The number of aryl methyl sites for hydroxylation is 1. The second-order valence-electron chi connectivity index (χ2n) is 6.83. The Kier molecular flexibility index (Phi) is 6.29. The number of thioether (sulfide) groups is 1. The van der Waals surface area contributed by atoms with Gasteiger partial charge in [-0.25, -0.2) is 9.37 Å². The first-order valence-electron chi connectivity index (χ1n) is 9.43. The van der Waals surface area contributed by atoms with E-state index < -0.39 is 0 Å². The number of aromatic nitrogens is 1. The standard InChI is InChI=1S/C23H18FN3O2S2/c1-14-3-2-4-15(11-14)22(29)26-18-9-10-19-20(12-18)31-23(27-19)30-13-21(28)25-17-7-5-16(24)6-8-17/h2-12H,13H2,1H3,(H,25,28)(H,26,29). The summed E-state index contributed by atoms with van der Waals surface area (Å²) in [4.78, 5) is 29.1. The van der Waals surface area contributed by atoms with Crippen LogP contribution in [0.5, 0.6) is 0 Å². The summed E-state index contributed by atoms with van der Waals surface area (Å²) in [5, 5.41) is 5.64. The normalized spacial score (nSPS) is 10.8. The molecule has 0 spiro atoms. The van der Waals surface area contributed by atoms with Gasteiger partial charge in [0, 0.05) is 16.9 Å². The van der Waals surface area contributed by atoms with Crippen LogP contribution in [0.3, 0.4) is 0 Å². The van der Waals surface area contributed by atoms with Crippen molar-refractivity contribution in [1.82, 2.24) is 4.98 Å². The molecule has 0 saturated heterocycles. The molecule has 0 atom stereocenters. The van der Waals surface area contributed by atoms with Crippen LogP contribution < -0.4 is 10.6 Å². The maximum atomic E-state index is 12.9. The Hall–Kier alpha value is -3.23. The third-order valence-electron chi connectivity index (χ3n) is 4.36. The molecule has 0 aliphatic heterocycles. The van der Waals surface area contributed by atoms with Gasteiger partial charge in [0.25, 0.3) is 5.91 Å². The first-order chi connectivity index (χ1) is 15.0. The summed E-state index contributed by atoms with van der Waals surface area (Å²) in [5.41, 5.74) is 3.67. The van der Waals surface area contributed by atoms with E-state index in [1.165, 1.54) is 47.4 Å². The van der Waals surface area contributed by atoms with Crippen LogP contribution in [0, 0.1) is 12.7 Å². The summed E-state index contributed by atoms with van der Waals surface area (Å²) in [7, 11) is 0. The van der Waals surface area contributed by atoms with Crippen molar-refractivity contribution in [2.75, 3.05) is 16.4 Å². The maximum Gasteiger partial charge on any atom is 0.255 e. The number of hydrogen-bond donors (Lipinski definition) is 2. The predicted molar refractivity (Wildman–Crippen MR) is 125 cm³/mol. The average Bonchev–Trinajstić information content (AvgIpc) is 3.16.